The number of carbonyl (C=O) groups excluding carboxylic acids is 2. The highest BCUT2D eigenvalue weighted by Gasteiger charge is 2.66. The van der Waals surface area contributed by atoms with Crippen molar-refractivity contribution in [2.75, 3.05) is 18.8 Å². The van der Waals surface area contributed by atoms with Crippen LogP contribution in [0.25, 0.3) is 0 Å². The molecule has 4 nitrogen and oxygen atoms in total. The largest absolute Gasteiger partial charge is 0.391 e. The van der Waals surface area contributed by atoms with E-state index in [-0.39, 0.29) is 39.2 Å². The fourth-order valence-corrected chi connectivity index (χ4v) is 10.7. The van der Waals surface area contributed by atoms with E-state index >= 15 is 0 Å². The minimum absolute atomic E-state index is 0.0324. The molecule has 4 saturated carbocycles. The average Bonchev–Trinajstić information content (AvgIpc) is 3.04. The summed E-state index contributed by atoms with van der Waals surface area (Å²) in [5.41, 5.74) is -0.492. The number of ketones is 2. The Kier molecular flexibility index (Phi) is 5.70. The molecule has 4 aliphatic carbocycles. The van der Waals surface area contributed by atoms with Crippen molar-refractivity contribution in [2.24, 2.45) is 40.4 Å². The van der Waals surface area contributed by atoms with Crippen molar-refractivity contribution >= 4 is 23.3 Å². The Morgan fingerprint density at radius 2 is 1.78 bits per heavy atom. The highest BCUT2D eigenvalue weighted by Crippen LogP contribution is 2.66. The van der Waals surface area contributed by atoms with Crippen molar-refractivity contribution in [3.8, 4) is 0 Å². The predicted molar refractivity (Wildman–Crippen MR) is 130 cm³/mol. The van der Waals surface area contributed by atoms with Gasteiger partial charge >= 0.3 is 0 Å². The van der Waals surface area contributed by atoms with Gasteiger partial charge < -0.3 is 5.11 Å². The van der Waals surface area contributed by atoms with Gasteiger partial charge in [0.05, 0.1) is 6.10 Å². The third-order valence-electron chi connectivity index (χ3n) is 10.9. The van der Waals surface area contributed by atoms with Crippen LogP contribution in [0.15, 0.2) is 0 Å². The fraction of sp³-hybridized carbons (Fsp3) is 0.926. The zero-order valence-corrected chi connectivity index (χ0v) is 21.5. The Bertz CT molecular complexity index is 798. The number of aliphatic hydroxyl groups excluding tert-OH is 1. The van der Waals surface area contributed by atoms with E-state index in [0.29, 0.717) is 30.0 Å². The molecule has 0 aromatic heterocycles. The number of nitrogens with zero attached hydrogens (tertiary/aromatic N) is 1. The van der Waals surface area contributed by atoms with Crippen LogP contribution in [0.5, 0.6) is 0 Å². The van der Waals surface area contributed by atoms with Crippen LogP contribution in [-0.2, 0) is 9.59 Å². The summed E-state index contributed by atoms with van der Waals surface area (Å²) in [6.07, 6.45) is 6.55. The molecular formula is C27H43NO3S. The average molecular weight is 462 g/mol. The number of aliphatic hydroxyl groups is 1. The van der Waals surface area contributed by atoms with Crippen molar-refractivity contribution in [3.63, 3.8) is 0 Å². The summed E-state index contributed by atoms with van der Waals surface area (Å²) < 4.78 is 0.221. The number of fused-ring (bicyclic) bond motifs is 5. The van der Waals surface area contributed by atoms with Gasteiger partial charge in [-0.3, -0.25) is 14.5 Å². The highest BCUT2D eigenvalue weighted by atomic mass is 32.2. The van der Waals surface area contributed by atoms with Gasteiger partial charge in [0.15, 0.2) is 0 Å². The molecule has 1 unspecified atom stereocenters. The first kappa shape index (κ1) is 23.4. The van der Waals surface area contributed by atoms with Crippen molar-refractivity contribution in [1.82, 2.24) is 4.90 Å². The number of carbonyl (C=O) groups is 2. The zero-order valence-electron chi connectivity index (χ0n) is 20.7. The summed E-state index contributed by atoms with van der Waals surface area (Å²) in [7, 11) is 0. The lowest BCUT2D eigenvalue weighted by Gasteiger charge is -2.63. The summed E-state index contributed by atoms with van der Waals surface area (Å²) in [5.74, 6) is 2.99. The molecule has 1 N–H and O–H groups in total. The van der Waals surface area contributed by atoms with Crippen LogP contribution in [0.3, 0.4) is 0 Å². The molecule has 180 valence electrons. The molecule has 32 heavy (non-hydrogen) atoms. The maximum absolute atomic E-state index is 13.9. The molecule has 5 heteroatoms. The number of thioether (sulfide) groups is 1. The van der Waals surface area contributed by atoms with Gasteiger partial charge in [-0.05, 0) is 82.5 Å². The normalized spacial score (nSPS) is 50.9. The summed E-state index contributed by atoms with van der Waals surface area (Å²) in [4.78, 5) is 28.9. The molecule has 0 bridgehead atoms. The molecule has 1 saturated heterocycles. The lowest BCUT2D eigenvalue weighted by Crippen LogP contribution is -2.66. The SMILES string of the molecule is CC(=O)[C@H]1CC[C@H]2[C@@H]3CC[C@H]4CC[C@@H](N5CCSC(C)(C)C5)C(O)[C@]4(C)[C@H]3C(=O)C[C@]12C. The van der Waals surface area contributed by atoms with E-state index in [4.69, 9.17) is 0 Å². The van der Waals surface area contributed by atoms with Crippen LogP contribution in [0.1, 0.15) is 79.6 Å². The van der Waals surface area contributed by atoms with Crippen molar-refractivity contribution in [1.29, 1.82) is 0 Å². The van der Waals surface area contributed by atoms with E-state index < -0.39 is 6.10 Å². The maximum atomic E-state index is 13.9. The van der Waals surface area contributed by atoms with Gasteiger partial charge in [-0.15, -0.1) is 0 Å². The molecule has 0 aromatic carbocycles. The van der Waals surface area contributed by atoms with Crippen LogP contribution < -0.4 is 0 Å². The first-order valence-electron chi connectivity index (χ1n) is 13.1. The van der Waals surface area contributed by atoms with Crippen molar-refractivity contribution < 1.29 is 14.7 Å². The van der Waals surface area contributed by atoms with E-state index in [2.05, 4.69) is 32.6 Å². The molecule has 1 heterocycles. The summed E-state index contributed by atoms with van der Waals surface area (Å²) in [5, 5.41) is 12.0. The second-order valence-corrected chi connectivity index (χ2v) is 14.7. The van der Waals surface area contributed by atoms with E-state index in [0.717, 1.165) is 57.4 Å². The lowest BCUT2D eigenvalue weighted by atomic mass is 9.43. The fourth-order valence-electron chi connectivity index (χ4n) is 9.52. The van der Waals surface area contributed by atoms with Gasteiger partial charge in [0.1, 0.15) is 11.6 Å². The Morgan fingerprint density at radius 3 is 2.47 bits per heavy atom. The third kappa shape index (κ3) is 3.31. The van der Waals surface area contributed by atoms with Gasteiger partial charge in [0.25, 0.3) is 0 Å². The molecule has 5 fully saturated rings. The predicted octanol–water partition coefficient (Wildman–Crippen LogP) is 4.58. The smallest absolute Gasteiger partial charge is 0.137 e. The van der Waals surface area contributed by atoms with Crippen molar-refractivity contribution in [3.05, 3.63) is 0 Å². The Morgan fingerprint density at radius 1 is 1.06 bits per heavy atom. The zero-order chi connectivity index (χ0) is 23.1. The van der Waals surface area contributed by atoms with Gasteiger partial charge in [0.2, 0.25) is 0 Å². The molecule has 0 amide bonds. The van der Waals surface area contributed by atoms with Crippen LogP contribution in [0.2, 0.25) is 0 Å². The van der Waals surface area contributed by atoms with Crippen LogP contribution in [-0.4, -0.2) is 57.3 Å². The Balaban J connectivity index is 1.46. The summed E-state index contributed by atoms with van der Waals surface area (Å²) in [6.45, 7) is 12.9. The van der Waals surface area contributed by atoms with E-state index in [9.17, 15) is 14.7 Å². The topological polar surface area (TPSA) is 57.6 Å². The lowest BCUT2D eigenvalue weighted by molar-refractivity contribution is -0.189. The second kappa shape index (κ2) is 7.81. The highest BCUT2D eigenvalue weighted by molar-refractivity contribution is 8.00. The summed E-state index contributed by atoms with van der Waals surface area (Å²) >= 11 is 2.04. The van der Waals surface area contributed by atoms with Gasteiger partial charge in [0, 0.05) is 53.3 Å². The van der Waals surface area contributed by atoms with Gasteiger partial charge in [-0.2, -0.15) is 11.8 Å². The quantitative estimate of drug-likeness (QED) is 0.652. The molecule has 1 aliphatic heterocycles. The molecule has 0 aromatic rings. The third-order valence-corrected chi connectivity index (χ3v) is 12.2. The van der Waals surface area contributed by atoms with Crippen molar-refractivity contribution in [2.45, 2.75) is 96.5 Å². The Hall–Kier alpha value is -0.390. The number of rotatable bonds is 2. The van der Waals surface area contributed by atoms with Crippen LogP contribution in [0.4, 0.5) is 0 Å². The Labute approximate surface area is 198 Å². The molecule has 9 atom stereocenters. The minimum atomic E-state index is -0.439. The van der Waals surface area contributed by atoms with Crippen LogP contribution in [0, 0.1) is 40.4 Å². The van der Waals surface area contributed by atoms with Gasteiger partial charge in [-0.1, -0.05) is 13.8 Å². The summed E-state index contributed by atoms with van der Waals surface area (Å²) in [6, 6.07) is 0.171. The number of hydrogen-bond acceptors (Lipinski definition) is 5. The number of Topliss-reactive ketones (excluding diaryl/α,β-unsaturated/α-hetero) is 2. The number of hydrogen-bond donors (Lipinski definition) is 1. The molecule has 0 radical (unpaired) electrons. The monoisotopic (exact) mass is 461 g/mol. The maximum Gasteiger partial charge on any atom is 0.137 e. The van der Waals surface area contributed by atoms with Gasteiger partial charge in [-0.25, -0.2) is 0 Å². The van der Waals surface area contributed by atoms with E-state index in [1.54, 1.807) is 6.92 Å². The first-order chi connectivity index (χ1) is 15.0. The molecule has 5 rings (SSSR count). The molecule has 5 aliphatic rings. The second-order valence-electron chi connectivity index (χ2n) is 12.9. The van der Waals surface area contributed by atoms with E-state index in [1.807, 2.05) is 11.8 Å². The first-order valence-corrected chi connectivity index (χ1v) is 14.1. The molecule has 0 spiro atoms. The minimum Gasteiger partial charge on any atom is -0.391 e. The molecular weight excluding hydrogens is 418 g/mol. The van der Waals surface area contributed by atoms with Crippen LogP contribution >= 0.6 is 11.8 Å². The van der Waals surface area contributed by atoms with E-state index in [1.165, 1.54) is 0 Å². The standard InChI is InChI=1S/C27H43NO3S/c1-16(29)19-9-10-20-18-8-6-17-7-11-21(28-12-13-32-25(2,3)15-28)24(31)27(17,5)23(18)22(30)14-26(19,20)4/h17-21,23-24,31H,6-15H2,1-5H3/t17-,18-,19+,20-,21+,23+,24?,26+,27-/m0/s1.